The highest BCUT2D eigenvalue weighted by Gasteiger charge is 2.48. The summed E-state index contributed by atoms with van der Waals surface area (Å²) in [4.78, 5) is 0. The molecule has 1 saturated heterocycles. The Bertz CT molecular complexity index is 300. The van der Waals surface area contributed by atoms with Gasteiger partial charge >= 0.3 is 0 Å². The fraction of sp³-hybridized carbons (Fsp3) is 1.00. The van der Waals surface area contributed by atoms with Crippen LogP contribution in [0.4, 0.5) is 0 Å². The first-order valence-corrected chi connectivity index (χ1v) is 10.7. The fourth-order valence-electron chi connectivity index (χ4n) is 3.67. The van der Waals surface area contributed by atoms with Gasteiger partial charge in [-0.05, 0) is 13.3 Å². The van der Waals surface area contributed by atoms with Gasteiger partial charge in [-0.1, -0.05) is 96.8 Å². The van der Waals surface area contributed by atoms with E-state index in [0.29, 0.717) is 0 Å². The molecule has 2 atom stereocenters. The van der Waals surface area contributed by atoms with Crippen LogP contribution in [0, 0.1) is 0 Å². The predicted octanol–water partition coefficient (Wildman–Crippen LogP) is 5.65. The zero-order valence-electron chi connectivity index (χ0n) is 16.6. The summed E-state index contributed by atoms with van der Waals surface area (Å²) in [5.41, 5.74) is 11.6. The summed E-state index contributed by atoms with van der Waals surface area (Å²) in [6, 6.07) is 0. The smallest absolute Gasteiger partial charge is 0.136 e. The summed E-state index contributed by atoms with van der Waals surface area (Å²) in [6.45, 7) is 5.10. The van der Waals surface area contributed by atoms with E-state index in [-0.39, 0.29) is 5.54 Å². The molecule has 0 aromatic heterocycles. The Labute approximate surface area is 151 Å². The van der Waals surface area contributed by atoms with E-state index in [0.717, 1.165) is 19.4 Å². The van der Waals surface area contributed by atoms with Crippen molar-refractivity contribution in [1.82, 2.24) is 0 Å². The van der Waals surface area contributed by atoms with Gasteiger partial charge in [0.15, 0.2) is 0 Å². The molecule has 0 amide bonds. The van der Waals surface area contributed by atoms with E-state index in [1.54, 1.807) is 0 Å². The average Bonchev–Trinajstić information content (AvgIpc) is 2.52. The molecule has 0 spiro atoms. The molecule has 1 rings (SSSR count). The monoisotopic (exact) mass is 340 g/mol. The van der Waals surface area contributed by atoms with Crippen molar-refractivity contribution in [2.24, 2.45) is 11.5 Å². The van der Waals surface area contributed by atoms with Crippen molar-refractivity contribution >= 4 is 0 Å². The Kier molecular flexibility index (Phi) is 11.2. The third-order valence-corrected chi connectivity index (χ3v) is 5.85. The molecule has 4 N–H and O–H groups in total. The van der Waals surface area contributed by atoms with E-state index in [9.17, 15) is 0 Å². The summed E-state index contributed by atoms with van der Waals surface area (Å²) >= 11 is 0. The standard InChI is InChI=1S/C21H44N2O/c1-3-4-5-6-7-8-9-10-11-12-13-14-15-16-17-20(2,22)21(23)18-19-24-21/h3-19,22-23H2,1-2H3. The summed E-state index contributed by atoms with van der Waals surface area (Å²) in [5.74, 6) is 0. The Morgan fingerprint density at radius 1 is 0.792 bits per heavy atom. The molecule has 24 heavy (non-hydrogen) atoms. The second-order valence-electron chi connectivity index (χ2n) is 8.25. The lowest BCUT2D eigenvalue weighted by Gasteiger charge is -2.49. The van der Waals surface area contributed by atoms with E-state index >= 15 is 0 Å². The Balaban J connectivity index is 1.81. The first-order chi connectivity index (χ1) is 11.5. The third-order valence-electron chi connectivity index (χ3n) is 5.85. The van der Waals surface area contributed by atoms with Gasteiger partial charge in [0.2, 0.25) is 0 Å². The van der Waals surface area contributed by atoms with Crippen LogP contribution >= 0.6 is 0 Å². The number of rotatable bonds is 16. The van der Waals surface area contributed by atoms with Gasteiger partial charge in [0.25, 0.3) is 0 Å². The fourth-order valence-corrected chi connectivity index (χ4v) is 3.67. The molecule has 0 aliphatic carbocycles. The molecule has 0 radical (unpaired) electrons. The molecular weight excluding hydrogens is 296 g/mol. The molecule has 1 heterocycles. The SMILES string of the molecule is CCCCCCCCCCCCCCCCC(C)(N)C1(N)CCO1. The minimum Gasteiger partial charge on any atom is -0.359 e. The van der Waals surface area contributed by atoms with E-state index < -0.39 is 5.72 Å². The minimum absolute atomic E-state index is 0.373. The minimum atomic E-state index is -0.566. The highest BCUT2D eigenvalue weighted by molar-refractivity contribution is 5.01. The average molecular weight is 341 g/mol. The van der Waals surface area contributed by atoms with E-state index in [4.69, 9.17) is 16.2 Å². The molecule has 0 bridgehead atoms. The number of hydrogen-bond donors (Lipinski definition) is 2. The Morgan fingerprint density at radius 2 is 1.17 bits per heavy atom. The molecule has 2 unspecified atom stereocenters. The van der Waals surface area contributed by atoms with Crippen molar-refractivity contribution in [2.75, 3.05) is 6.61 Å². The normalized spacial score (nSPS) is 23.0. The summed E-state index contributed by atoms with van der Waals surface area (Å²) in [5, 5.41) is 0. The van der Waals surface area contributed by atoms with E-state index in [1.807, 2.05) is 0 Å². The highest BCUT2D eigenvalue weighted by atomic mass is 16.5. The van der Waals surface area contributed by atoms with Crippen LogP contribution in [0.1, 0.15) is 117 Å². The Hall–Kier alpha value is -0.120. The zero-order valence-corrected chi connectivity index (χ0v) is 16.6. The predicted molar refractivity (Wildman–Crippen MR) is 105 cm³/mol. The first kappa shape index (κ1) is 21.9. The van der Waals surface area contributed by atoms with Gasteiger partial charge in [-0.15, -0.1) is 0 Å². The molecule has 1 aliphatic heterocycles. The molecule has 1 fully saturated rings. The molecule has 0 aromatic rings. The molecule has 0 aromatic carbocycles. The van der Waals surface area contributed by atoms with Crippen molar-refractivity contribution in [1.29, 1.82) is 0 Å². The van der Waals surface area contributed by atoms with Gasteiger partial charge in [0, 0.05) is 6.42 Å². The van der Waals surface area contributed by atoms with Crippen LogP contribution < -0.4 is 11.5 Å². The largest absolute Gasteiger partial charge is 0.359 e. The van der Waals surface area contributed by atoms with Gasteiger partial charge in [-0.25, -0.2) is 0 Å². The molecule has 1 aliphatic rings. The van der Waals surface area contributed by atoms with Crippen molar-refractivity contribution in [3.63, 3.8) is 0 Å². The lowest BCUT2D eigenvalue weighted by Crippen LogP contribution is -2.70. The number of hydrogen-bond acceptors (Lipinski definition) is 3. The van der Waals surface area contributed by atoms with Crippen LogP contribution in [-0.4, -0.2) is 17.9 Å². The molecule has 0 saturated carbocycles. The maximum atomic E-state index is 6.35. The van der Waals surface area contributed by atoms with Crippen LogP contribution in [0.15, 0.2) is 0 Å². The van der Waals surface area contributed by atoms with Crippen LogP contribution in [-0.2, 0) is 4.74 Å². The van der Waals surface area contributed by atoms with E-state index in [1.165, 1.54) is 89.9 Å². The quantitative estimate of drug-likeness (QED) is 0.357. The molecule has 3 nitrogen and oxygen atoms in total. The maximum Gasteiger partial charge on any atom is 0.136 e. The number of ether oxygens (including phenoxy) is 1. The van der Waals surface area contributed by atoms with Gasteiger partial charge in [-0.2, -0.15) is 0 Å². The summed E-state index contributed by atoms with van der Waals surface area (Å²) < 4.78 is 5.51. The summed E-state index contributed by atoms with van der Waals surface area (Å²) in [7, 11) is 0. The highest BCUT2D eigenvalue weighted by Crippen LogP contribution is 2.33. The zero-order chi connectivity index (χ0) is 17.7. The number of unbranched alkanes of at least 4 members (excludes halogenated alkanes) is 13. The van der Waals surface area contributed by atoms with Gasteiger partial charge in [0.05, 0.1) is 12.1 Å². The summed E-state index contributed by atoms with van der Waals surface area (Å²) in [6.07, 6.45) is 21.3. The second-order valence-corrected chi connectivity index (χ2v) is 8.25. The van der Waals surface area contributed by atoms with Crippen LogP contribution in [0.25, 0.3) is 0 Å². The molecular formula is C21H44N2O. The van der Waals surface area contributed by atoms with Crippen LogP contribution in [0.2, 0.25) is 0 Å². The van der Waals surface area contributed by atoms with Crippen molar-refractivity contribution in [3.05, 3.63) is 0 Å². The first-order valence-electron chi connectivity index (χ1n) is 10.7. The van der Waals surface area contributed by atoms with Crippen LogP contribution in [0.3, 0.4) is 0 Å². The lowest BCUT2D eigenvalue weighted by atomic mass is 9.80. The molecule has 144 valence electrons. The maximum absolute atomic E-state index is 6.35. The Morgan fingerprint density at radius 3 is 1.50 bits per heavy atom. The third kappa shape index (κ3) is 8.31. The number of nitrogens with two attached hydrogens (primary N) is 2. The van der Waals surface area contributed by atoms with Gasteiger partial charge < -0.3 is 16.2 Å². The molecule has 3 heteroatoms. The second kappa shape index (κ2) is 12.3. The van der Waals surface area contributed by atoms with Crippen molar-refractivity contribution < 1.29 is 4.74 Å². The van der Waals surface area contributed by atoms with Gasteiger partial charge in [0.1, 0.15) is 5.72 Å². The lowest BCUT2D eigenvalue weighted by molar-refractivity contribution is -0.184. The van der Waals surface area contributed by atoms with Crippen molar-refractivity contribution in [2.45, 2.75) is 128 Å². The van der Waals surface area contributed by atoms with Crippen molar-refractivity contribution in [3.8, 4) is 0 Å². The van der Waals surface area contributed by atoms with Crippen LogP contribution in [0.5, 0.6) is 0 Å². The van der Waals surface area contributed by atoms with Gasteiger partial charge in [-0.3, -0.25) is 0 Å². The van der Waals surface area contributed by atoms with E-state index in [2.05, 4.69) is 13.8 Å². The topological polar surface area (TPSA) is 61.3 Å².